The van der Waals surface area contributed by atoms with Gasteiger partial charge in [-0.25, -0.2) is 0 Å². The Labute approximate surface area is 57.3 Å². The second kappa shape index (κ2) is 5.62. The largest absolute Gasteiger partial charge is 0.358 e. The first-order valence-electron chi connectivity index (χ1n) is 2.46. The molecule has 0 fully saturated rings. The molecule has 2 nitrogen and oxygen atoms in total. The van der Waals surface area contributed by atoms with Crippen LogP contribution in [-0.4, -0.2) is 22.6 Å². The van der Waals surface area contributed by atoms with Crippen molar-refractivity contribution >= 4 is 21.8 Å². The van der Waals surface area contributed by atoms with Crippen LogP contribution in [0.5, 0.6) is 0 Å². The van der Waals surface area contributed by atoms with Crippen molar-refractivity contribution in [3.63, 3.8) is 0 Å². The van der Waals surface area contributed by atoms with Crippen LogP contribution >= 0.6 is 12.0 Å². The average molecular weight is 149 g/mol. The summed E-state index contributed by atoms with van der Waals surface area (Å²) >= 11 is 1.40. The lowest BCUT2D eigenvalue weighted by Crippen LogP contribution is -2.12. The molecule has 2 N–H and O–H groups in total. The van der Waals surface area contributed by atoms with Gasteiger partial charge in [0.15, 0.2) is 0 Å². The third-order valence-electron chi connectivity index (χ3n) is 0.686. The van der Waals surface area contributed by atoms with E-state index < -0.39 is 0 Å². The number of nitrogens with two attached hydrogens (primary N) is 1. The van der Waals surface area contributed by atoms with Gasteiger partial charge in [-0.1, -0.05) is 6.92 Å². The van der Waals surface area contributed by atoms with E-state index >= 15 is 0 Å². The van der Waals surface area contributed by atoms with Crippen LogP contribution in [0, 0.1) is 0 Å². The minimum absolute atomic E-state index is 0.516. The summed E-state index contributed by atoms with van der Waals surface area (Å²) in [7, 11) is 0.544. The molecule has 2 radical (unpaired) electrons. The molecule has 0 aromatic carbocycles. The van der Waals surface area contributed by atoms with E-state index in [0.29, 0.717) is 15.3 Å². The Balaban J connectivity index is 2.86. The Kier molecular flexibility index (Phi) is 5.96. The molecule has 0 bridgehead atoms. The van der Waals surface area contributed by atoms with Crippen molar-refractivity contribution in [2.75, 3.05) is 12.8 Å². The van der Waals surface area contributed by atoms with Gasteiger partial charge in [0, 0.05) is 6.26 Å². The maximum absolute atomic E-state index is 5.33. The zero-order valence-corrected chi connectivity index (χ0v) is 6.99. The quantitative estimate of drug-likeness (QED) is 0.471. The van der Waals surface area contributed by atoms with E-state index in [0.717, 1.165) is 6.54 Å². The van der Waals surface area contributed by atoms with E-state index in [2.05, 4.69) is 6.92 Å². The number of rotatable bonds is 4. The second-order valence-electron chi connectivity index (χ2n) is 1.50. The lowest BCUT2D eigenvalue weighted by atomic mass is 10.5. The molecule has 0 spiro atoms. The van der Waals surface area contributed by atoms with E-state index in [9.17, 15) is 0 Å². The van der Waals surface area contributed by atoms with Crippen molar-refractivity contribution in [1.82, 2.24) is 0 Å². The fourth-order valence-corrected chi connectivity index (χ4v) is 1.32. The second-order valence-corrected chi connectivity index (χ2v) is 3.73. The first kappa shape index (κ1) is 8.49. The van der Waals surface area contributed by atoms with Crippen LogP contribution < -0.4 is 5.73 Å². The van der Waals surface area contributed by atoms with Crippen molar-refractivity contribution in [1.29, 1.82) is 0 Å². The molecular weight excluding hydrogens is 138 g/mol. The molecule has 0 heterocycles. The van der Waals surface area contributed by atoms with E-state index in [1.165, 1.54) is 12.0 Å². The monoisotopic (exact) mass is 149 g/mol. The van der Waals surface area contributed by atoms with Gasteiger partial charge in [-0.15, -0.1) is 0 Å². The summed E-state index contributed by atoms with van der Waals surface area (Å²) in [4.78, 5) is 0. The first-order chi connectivity index (χ1) is 3.81. The summed E-state index contributed by atoms with van der Waals surface area (Å²) in [5.74, 6) is 0. The standard InChI is InChI=1S/C4H11NOSSi/c1-4(3-5)8-6-7-2/h4H,3,5H2,1-2H3. The minimum Gasteiger partial charge on any atom is -0.358 e. The molecule has 1 unspecified atom stereocenters. The summed E-state index contributed by atoms with van der Waals surface area (Å²) in [6.07, 6.45) is 1.91. The molecule has 8 heavy (non-hydrogen) atoms. The summed E-state index contributed by atoms with van der Waals surface area (Å²) in [6.45, 7) is 2.80. The van der Waals surface area contributed by atoms with E-state index in [1.54, 1.807) is 0 Å². The van der Waals surface area contributed by atoms with Crippen molar-refractivity contribution in [3.8, 4) is 0 Å². The van der Waals surface area contributed by atoms with Crippen molar-refractivity contribution < 1.29 is 3.87 Å². The summed E-state index contributed by atoms with van der Waals surface area (Å²) in [5, 5.41) is 0. The van der Waals surface area contributed by atoms with Gasteiger partial charge in [0.05, 0.1) is 0 Å². The Morgan fingerprint density at radius 2 is 2.50 bits per heavy atom. The molecule has 0 aromatic heterocycles. The highest BCUT2D eigenvalue weighted by atomic mass is 32.2. The van der Waals surface area contributed by atoms with Gasteiger partial charge in [0.1, 0.15) is 0 Å². The highest BCUT2D eigenvalue weighted by molar-refractivity contribution is 7.94. The smallest absolute Gasteiger partial charge is 0.255 e. The Bertz CT molecular complexity index is 55.3. The fourth-order valence-electron chi connectivity index (χ4n) is 0.178. The molecular formula is C4H11NOSSi. The summed E-state index contributed by atoms with van der Waals surface area (Å²) in [6, 6.07) is 0. The highest BCUT2D eigenvalue weighted by Crippen LogP contribution is 2.01. The highest BCUT2D eigenvalue weighted by Gasteiger charge is 1.99. The average Bonchev–Trinajstić information content (AvgIpc) is 1.83. The molecule has 0 amide bonds. The van der Waals surface area contributed by atoms with Gasteiger partial charge in [0.2, 0.25) is 0 Å². The molecule has 0 aromatic rings. The molecule has 0 aliphatic heterocycles. The molecule has 4 heteroatoms. The van der Waals surface area contributed by atoms with Crippen LogP contribution in [0.15, 0.2) is 0 Å². The van der Waals surface area contributed by atoms with Crippen LogP contribution in [-0.2, 0) is 3.87 Å². The van der Waals surface area contributed by atoms with Crippen molar-refractivity contribution in [3.05, 3.63) is 0 Å². The molecule has 0 aliphatic rings. The van der Waals surface area contributed by atoms with Gasteiger partial charge in [-0.05, 0) is 24.1 Å². The third-order valence-corrected chi connectivity index (χ3v) is 2.38. The Morgan fingerprint density at radius 3 is 2.88 bits per heavy atom. The zero-order valence-electron chi connectivity index (χ0n) is 5.18. The molecule has 0 rings (SSSR count). The molecule has 1 atom stereocenters. The molecule has 0 saturated carbocycles. The number of hydrogen-bond acceptors (Lipinski definition) is 3. The topological polar surface area (TPSA) is 35.2 Å². The minimum atomic E-state index is 0.516. The molecule has 0 aliphatic carbocycles. The van der Waals surface area contributed by atoms with Gasteiger partial charge >= 0.3 is 0 Å². The van der Waals surface area contributed by atoms with Crippen LogP contribution in [0.4, 0.5) is 0 Å². The van der Waals surface area contributed by atoms with E-state index in [4.69, 9.17) is 9.61 Å². The Morgan fingerprint density at radius 1 is 1.88 bits per heavy atom. The lowest BCUT2D eigenvalue weighted by molar-refractivity contribution is 0.669. The predicted molar refractivity (Wildman–Crippen MR) is 38.8 cm³/mol. The predicted octanol–water partition coefficient (Wildman–Crippen LogP) is 0.667. The van der Waals surface area contributed by atoms with Gasteiger partial charge in [-0.3, -0.25) is 0 Å². The van der Waals surface area contributed by atoms with Gasteiger partial charge in [-0.2, -0.15) is 0 Å². The maximum atomic E-state index is 5.33. The SMILES string of the molecule is CSO[Si]C(C)CN. The summed E-state index contributed by atoms with van der Waals surface area (Å²) < 4.78 is 5.05. The molecule has 48 valence electrons. The lowest BCUT2D eigenvalue weighted by Gasteiger charge is -2.02. The maximum Gasteiger partial charge on any atom is 0.255 e. The van der Waals surface area contributed by atoms with Crippen molar-refractivity contribution in [2.24, 2.45) is 5.73 Å². The summed E-state index contributed by atoms with van der Waals surface area (Å²) in [5.41, 5.74) is 5.85. The van der Waals surface area contributed by atoms with E-state index in [1.807, 2.05) is 6.26 Å². The zero-order chi connectivity index (χ0) is 6.41. The third kappa shape index (κ3) is 4.64. The molecule has 0 saturated heterocycles. The van der Waals surface area contributed by atoms with Crippen molar-refractivity contribution in [2.45, 2.75) is 12.5 Å². The van der Waals surface area contributed by atoms with Crippen LogP contribution in [0.3, 0.4) is 0 Å². The van der Waals surface area contributed by atoms with Crippen LogP contribution in [0.1, 0.15) is 6.92 Å². The van der Waals surface area contributed by atoms with E-state index in [-0.39, 0.29) is 0 Å². The first-order valence-corrected chi connectivity index (χ1v) is 4.60. The van der Waals surface area contributed by atoms with Crippen LogP contribution in [0.2, 0.25) is 5.54 Å². The number of hydrogen-bond donors (Lipinski definition) is 1. The fraction of sp³-hybridized carbons (Fsp3) is 1.00. The Hall–Kier alpha value is 0.487. The normalized spacial score (nSPS) is 13.9. The van der Waals surface area contributed by atoms with Crippen LogP contribution in [0.25, 0.3) is 0 Å². The van der Waals surface area contributed by atoms with Gasteiger partial charge < -0.3 is 9.61 Å². The van der Waals surface area contributed by atoms with Gasteiger partial charge in [0.25, 0.3) is 9.76 Å².